The molecule has 0 aliphatic rings. The highest BCUT2D eigenvalue weighted by atomic mass is 32.2. The first-order valence-corrected chi connectivity index (χ1v) is 7.50. The van der Waals surface area contributed by atoms with Crippen LogP contribution in [0.5, 0.6) is 0 Å². The molecule has 0 radical (unpaired) electrons. The SMILES string of the molecule is CC[C@H](C)NC(=O)CSc1nc2cc(C)[nH]c2c(=O)[nH]1. The molecule has 0 aliphatic heterocycles. The van der Waals surface area contributed by atoms with Gasteiger partial charge in [-0.15, -0.1) is 0 Å². The third-order valence-electron chi connectivity index (χ3n) is 2.96. The molecule has 1 atom stereocenters. The molecule has 0 saturated carbocycles. The summed E-state index contributed by atoms with van der Waals surface area (Å²) in [5.41, 5.74) is 1.76. The standard InChI is InChI=1S/C13H18N4O2S/c1-4-7(2)14-10(18)6-20-13-16-9-5-8(3)15-11(9)12(19)17-13/h5,7,15H,4,6H2,1-3H3,(H,14,18)(H,16,17,19)/t7-/m0/s1. The fourth-order valence-electron chi connectivity index (χ4n) is 1.75. The van der Waals surface area contributed by atoms with Crippen LogP contribution in [0.25, 0.3) is 11.0 Å². The van der Waals surface area contributed by atoms with Crippen molar-refractivity contribution in [1.82, 2.24) is 20.3 Å². The van der Waals surface area contributed by atoms with Gasteiger partial charge in [0, 0.05) is 11.7 Å². The Bertz CT molecular complexity index is 677. The predicted molar refractivity (Wildman–Crippen MR) is 80.1 cm³/mol. The van der Waals surface area contributed by atoms with Crippen LogP contribution in [0.15, 0.2) is 16.0 Å². The van der Waals surface area contributed by atoms with E-state index >= 15 is 0 Å². The van der Waals surface area contributed by atoms with Gasteiger partial charge in [-0.25, -0.2) is 4.98 Å². The molecule has 2 aromatic heterocycles. The molecule has 2 rings (SSSR count). The number of aromatic nitrogens is 3. The molecule has 2 aromatic rings. The number of aromatic amines is 2. The number of hydrogen-bond acceptors (Lipinski definition) is 4. The number of rotatable bonds is 5. The summed E-state index contributed by atoms with van der Waals surface area (Å²) in [4.78, 5) is 33.5. The highest BCUT2D eigenvalue weighted by Crippen LogP contribution is 2.15. The Morgan fingerprint density at radius 1 is 1.50 bits per heavy atom. The van der Waals surface area contributed by atoms with Gasteiger partial charge < -0.3 is 10.3 Å². The monoisotopic (exact) mass is 294 g/mol. The summed E-state index contributed by atoms with van der Waals surface area (Å²) in [5.74, 6) is 0.180. The quantitative estimate of drug-likeness (QED) is 0.576. The van der Waals surface area contributed by atoms with E-state index in [0.717, 1.165) is 12.1 Å². The smallest absolute Gasteiger partial charge is 0.275 e. The molecule has 108 valence electrons. The van der Waals surface area contributed by atoms with E-state index < -0.39 is 0 Å². The van der Waals surface area contributed by atoms with Crippen LogP contribution in [0.2, 0.25) is 0 Å². The highest BCUT2D eigenvalue weighted by molar-refractivity contribution is 7.99. The third kappa shape index (κ3) is 3.41. The Morgan fingerprint density at radius 3 is 2.95 bits per heavy atom. The van der Waals surface area contributed by atoms with Gasteiger partial charge in [-0.1, -0.05) is 18.7 Å². The maximum Gasteiger partial charge on any atom is 0.275 e. The van der Waals surface area contributed by atoms with Crippen LogP contribution in [0.1, 0.15) is 26.0 Å². The van der Waals surface area contributed by atoms with Gasteiger partial charge in [0.1, 0.15) is 5.52 Å². The van der Waals surface area contributed by atoms with Gasteiger partial charge in [0.25, 0.3) is 5.56 Å². The summed E-state index contributed by atoms with van der Waals surface area (Å²) in [5, 5.41) is 3.33. The zero-order valence-corrected chi connectivity index (χ0v) is 12.6. The van der Waals surface area contributed by atoms with E-state index in [2.05, 4.69) is 20.3 Å². The average Bonchev–Trinajstić information content (AvgIpc) is 2.77. The van der Waals surface area contributed by atoms with Gasteiger partial charge in [-0.3, -0.25) is 14.6 Å². The van der Waals surface area contributed by atoms with Crippen molar-refractivity contribution in [2.75, 3.05) is 5.75 Å². The maximum absolute atomic E-state index is 11.8. The Balaban J connectivity index is 2.07. The molecular formula is C13H18N4O2S. The lowest BCUT2D eigenvalue weighted by Gasteiger charge is -2.10. The summed E-state index contributed by atoms with van der Waals surface area (Å²) < 4.78 is 0. The number of fused-ring (bicyclic) bond motifs is 1. The van der Waals surface area contributed by atoms with Crippen molar-refractivity contribution in [3.63, 3.8) is 0 Å². The number of aryl methyl sites for hydroxylation is 1. The first kappa shape index (κ1) is 14.6. The molecule has 3 N–H and O–H groups in total. The second kappa shape index (κ2) is 6.13. The molecule has 0 spiro atoms. The number of nitrogens with one attached hydrogen (secondary N) is 3. The molecule has 0 fully saturated rings. The number of carbonyl (C=O) groups is 1. The molecule has 0 unspecified atom stereocenters. The Hall–Kier alpha value is -1.76. The number of hydrogen-bond donors (Lipinski definition) is 3. The largest absolute Gasteiger partial charge is 0.353 e. The summed E-state index contributed by atoms with van der Waals surface area (Å²) in [6.07, 6.45) is 0.889. The predicted octanol–water partition coefficient (Wildman–Crippen LogP) is 1.57. The molecule has 2 heterocycles. The van der Waals surface area contributed by atoms with Gasteiger partial charge >= 0.3 is 0 Å². The minimum absolute atomic E-state index is 0.0580. The van der Waals surface area contributed by atoms with Crippen LogP contribution in [0.4, 0.5) is 0 Å². The first-order valence-electron chi connectivity index (χ1n) is 6.51. The second-order valence-electron chi connectivity index (χ2n) is 4.75. The molecule has 6 nitrogen and oxygen atoms in total. The molecule has 7 heteroatoms. The van der Waals surface area contributed by atoms with Crippen molar-refractivity contribution in [2.24, 2.45) is 0 Å². The van der Waals surface area contributed by atoms with E-state index in [4.69, 9.17) is 0 Å². The van der Waals surface area contributed by atoms with E-state index in [1.54, 1.807) is 0 Å². The van der Waals surface area contributed by atoms with Gasteiger partial charge in [0.05, 0.1) is 11.3 Å². The van der Waals surface area contributed by atoms with E-state index in [-0.39, 0.29) is 23.3 Å². The van der Waals surface area contributed by atoms with E-state index in [9.17, 15) is 9.59 Å². The van der Waals surface area contributed by atoms with Crippen LogP contribution < -0.4 is 10.9 Å². The Labute approximate surface area is 120 Å². The van der Waals surface area contributed by atoms with Gasteiger partial charge in [-0.2, -0.15) is 0 Å². The van der Waals surface area contributed by atoms with E-state index in [0.29, 0.717) is 16.2 Å². The van der Waals surface area contributed by atoms with Crippen molar-refractivity contribution in [3.8, 4) is 0 Å². The van der Waals surface area contributed by atoms with E-state index in [1.807, 2.05) is 26.8 Å². The molecule has 0 aromatic carbocycles. The van der Waals surface area contributed by atoms with Crippen molar-refractivity contribution < 1.29 is 4.79 Å². The highest BCUT2D eigenvalue weighted by Gasteiger charge is 2.10. The van der Waals surface area contributed by atoms with Crippen molar-refractivity contribution in [2.45, 2.75) is 38.4 Å². The Kier molecular flexibility index (Phi) is 4.49. The first-order chi connectivity index (χ1) is 9.49. The fourth-order valence-corrected chi connectivity index (χ4v) is 2.43. The zero-order valence-electron chi connectivity index (χ0n) is 11.7. The molecule has 20 heavy (non-hydrogen) atoms. The van der Waals surface area contributed by atoms with Crippen LogP contribution in [0, 0.1) is 6.92 Å². The van der Waals surface area contributed by atoms with Crippen LogP contribution in [0.3, 0.4) is 0 Å². The average molecular weight is 294 g/mol. The topological polar surface area (TPSA) is 90.6 Å². The molecule has 1 amide bonds. The maximum atomic E-state index is 11.8. The van der Waals surface area contributed by atoms with Crippen LogP contribution in [-0.2, 0) is 4.79 Å². The Morgan fingerprint density at radius 2 is 2.25 bits per heavy atom. The van der Waals surface area contributed by atoms with Crippen molar-refractivity contribution in [3.05, 3.63) is 22.1 Å². The van der Waals surface area contributed by atoms with Gasteiger partial charge in [0.15, 0.2) is 5.16 Å². The minimum Gasteiger partial charge on any atom is -0.353 e. The van der Waals surface area contributed by atoms with Gasteiger partial charge in [-0.05, 0) is 26.3 Å². The summed E-state index contributed by atoms with van der Waals surface area (Å²) >= 11 is 1.23. The number of thioether (sulfide) groups is 1. The molecule has 0 aliphatic carbocycles. The van der Waals surface area contributed by atoms with Crippen LogP contribution >= 0.6 is 11.8 Å². The third-order valence-corrected chi connectivity index (χ3v) is 3.83. The molecule has 0 bridgehead atoms. The number of H-pyrrole nitrogens is 2. The van der Waals surface area contributed by atoms with Gasteiger partial charge in [0.2, 0.25) is 5.91 Å². The minimum atomic E-state index is -0.215. The second-order valence-corrected chi connectivity index (χ2v) is 5.71. The number of nitrogens with zero attached hydrogens (tertiary/aromatic N) is 1. The number of carbonyl (C=O) groups excluding carboxylic acids is 1. The lowest BCUT2D eigenvalue weighted by atomic mass is 10.3. The number of amides is 1. The lowest BCUT2D eigenvalue weighted by Crippen LogP contribution is -2.33. The van der Waals surface area contributed by atoms with E-state index in [1.165, 1.54) is 11.8 Å². The molecule has 0 saturated heterocycles. The normalized spacial score (nSPS) is 12.6. The van der Waals surface area contributed by atoms with Crippen LogP contribution in [-0.4, -0.2) is 32.7 Å². The van der Waals surface area contributed by atoms with Crippen molar-refractivity contribution >= 4 is 28.7 Å². The summed E-state index contributed by atoms with van der Waals surface area (Å²) in [6.45, 7) is 5.84. The van der Waals surface area contributed by atoms with Crippen molar-refractivity contribution in [1.29, 1.82) is 0 Å². The fraction of sp³-hybridized carbons (Fsp3) is 0.462. The summed E-state index contributed by atoms with van der Waals surface area (Å²) in [6, 6.07) is 1.97. The molecular weight excluding hydrogens is 276 g/mol. The lowest BCUT2D eigenvalue weighted by molar-refractivity contribution is -0.119. The summed E-state index contributed by atoms with van der Waals surface area (Å²) in [7, 11) is 0. The zero-order chi connectivity index (χ0) is 14.7.